The summed E-state index contributed by atoms with van der Waals surface area (Å²) >= 11 is 0. The lowest BCUT2D eigenvalue weighted by atomic mass is 10.1. The number of amides is 1. The second-order valence-electron chi connectivity index (χ2n) is 4.25. The highest BCUT2D eigenvalue weighted by Gasteiger charge is 2.16. The highest BCUT2D eigenvalue weighted by atomic mass is 16.1. The van der Waals surface area contributed by atoms with Gasteiger partial charge in [0.25, 0.3) is 0 Å². The number of rotatable bonds is 2. The lowest BCUT2D eigenvalue weighted by Gasteiger charge is -2.23. The van der Waals surface area contributed by atoms with Crippen molar-refractivity contribution >= 4 is 11.6 Å². The third kappa shape index (κ3) is 2.60. The number of nitrogens with zero attached hydrogens (tertiary/aromatic N) is 2. The van der Waals surface area contributed by atoms with Crippen LogP contribution in [-0.2, 0) is 11.3 Å². The minimum absolute atomic E-state index is 0.0644. The van der Waals surface area contributed by atoms with Gasteiger partial charge in [-0.1, -0.05) is 6.07 Å². The Morgan fingerprint density at radius 1 is 1.44 bits per heavy atom. The van der Waals surface area contributed by atoms with Crippen LogP contribution in [0.2, 0.25) is 0 Å². The van der Waals surface area contributed by atoms with Gasteiger partial charge in [-0.2, -0.15) is 5.26 Å². The van der Waals surface area contributed by atoms with Crippen LogP contribution in [0.5, 0.6) is 0 Å². The molecule has 0 unspecified atom stereocenters. The Hall–Kier alpha value is -2.06. The molecule has 1 aromatic rings. The molecule has 1 aliphatic rings. The monoisotopic (exact) mass is 244 g/mol. The molecule has 5 heteroatoms. The minimum atomic E-state index is 0.0644. The van der Waals surface area contributed by atoms with Gasteiger partial charge in [0.15, 0.2) is 0 Å². The number of nitriles is 1. The molecule has 1 aliphatic heterocycles. The maximum absolute atomic E-state index is 11.3. The summed E-state index contributed by atoms with van der Waals surface area (Å²) in [6, 6.07) is 7.85. The number of nitrogens with one attached hydrogen (secondary N) is 1. The molecule has 0 atom stereocenters. The van der Waals surface area contributed by atoms with Crippen molar-refractivity contribution in [3.63, 3.8) is 0 Å². The zero-order valence-electron chi connectivity index (χ0n) is 10.1. The van der Waals surface area contributed by atoms with E-state index in [2.05, 4.69) is 16.3 Å². The molecule has 0 bridgehead atoms. The van der Waals surface area contributed by atoms with Crippen LogP contribution in [0.4, 0.5) is 5.69 Å². The van der Waals surface area contributed by atoms with E-state index in [0.717, 1.165) is 17.8 Å². The van der Waals surface area contributed by atoms with Gasteiger partial charge >= 0.3 is 0 Å². The molecule has 1 fully saturated rings. The van der Waals surface area contributed by atoms with Crippen molar-refractivity contribution in [2.24, 2.45) is 5.73 Å². The van der Waals surface area contributed by atoms with E-state index in [9.17, 15) is 10.1 Å². The van der Waals surface area contributed by atoms with Crippen LogP contribution in [0.3, 0.4) is 0 Å². The second kappa shape index (κ2) is 5.52. The van der Waals surface area contributed by atoms with E-state index in [4.69, 9.17) is 5.73 Å². The third-order valence-corrected chi connectivity index (χ3v) is 3.07. The molecule has 1 aromatic carbocycles. The van der Waals surface area contributed by atoms with E-state index in [0.29, 0.717) is 31.6 Å². The van der Waals surface area contributed by atoms with Crippen LogP contribution in [0.25, 0.3) is 0 Å². The fourth-order valence-electron chi connectivity index (χ4n) is 2.08. The normalized spacial score (nSPS) is 15.8. The van der Waals surface area contributed by atoms with Crippen LogP contribution in [-0.4, -0.2) is 25.5 Å². The summed E-state index contributed by atoms with van der Waals surface area (Å²) < 4.78 is 0. The number of nitrogens with two attached hydrogens (primary N) is 1. The summed E-state index contributed by atoms with van der Waals surface area (Å²) in [6.45, 7) is 2.40. The number of benzene rings is 1. The summed E-state index contributed by atoms with van der Waals surface area (Å²) in [7, 11) is 0. The standard InChI is InChI=1S/C13H16N4O/c14-8-10-1-2-12(11(7-10)9-15)17-5-3-13(18)16-4-6-17/h1-2,7H,3-6,8,14H2,(H,16,18). The Bertz CT molecular complexity index is 492. The molecule has 0 aliphatic carbocycles. The van der Waals surface area contributed by atoms with Crippen molar-refractivity contribution in [2.45, 2.75) is 13.0 Å². The third-order valence-electron chi connectivity index (χ3n) is 3.07. The molecule has 5 nitrogen and oxygen atoms in total. The van der Waals surface area contributed by atoms with Gasteiger partial charge in [0, 0.05) is 32.6 Å². The van der Waals surface area contributed by atoms with Crippen molar-refractivity contribution in [1.82, 2.24) is 5.32 Å². The molecular weight excluding hydrogens is 228 g/mol. The molecule has 0 radical (unpaired) electrons. The Kier molecular flexibility index (Phi) is 3.80. The number of hydrogen-bond donors (Lipinski definition) is 2. The maximum Gasteiger partial charge on any atom is 0.221 e. The first-order valence-electron chi connectivity index (χ1n) is 5.99. The number of hydrogen-bond acceptors (Lipinski definition) is 4. The molecule has 1 saturated heterocycles. The average Bonchev–Trinajstić information content (AvgIpc) is 2.62. The molecule has 3 N–H and O–H groups in total. The molecule has 0 saturated carbocycles. The van der Waals surface area contributed by atoms with Gasteiger partial charge in [-0.25, -0.2) is 0 Å². The number of anilines is 1. The lowest BCUT2D eigenvalue weighted by Crippen LogP contribution is -2.28. The first-order valence-corrected chi connectivity index (χ1v) is 5.99. The lowest BCUT2D eigenvalue weighted by molar-refractivity contribution is -0.120. The second-order valence-corrected chi connectivity index (χ2v) is 4.25. The summed E-state index contributed by atoms with van der Waals surface area (Å²) in [6.07, 6.45) is 0.462. The van der Waals surface area contributed by atoms with Gasteiger partial charge in [-0.05, 0) is 17.7 Å². The fraction of sp³-hybridized carbons (Fsp3) is 0.385. The Balaban J connectivity index is 2.27. The zero-order valence-corrected chi connectivity index (χ0v) is 10.1. The number of carbonyl (C=O) groups is 1. The van der Waals surface area contributed by atoms with E-state index >= 15 is 0 Å². The summed E-state index contributed by atoms with van der Waals surface area (Å²) in [4.78, 5) is 13.4. The zero-order chi connectivity index (χ0) is 13.0. The van der Waals surface area contributed by atoms with Crippen molar-refractivity contribution in [3.8, 4) is 6.07 Å². The first-order chi connectivity index (χ1) is 8.74. The summed E-state index contributed by atoms with van der Waals surface area (Å²) in [5.74, 6) is 0.0644. The quantitative estimate of drug-likeness (QED) is 0.786. The van der Waals surface area contributed by atoms with E-state index in [-0.39, 0.29) is 5.91 Å². The molecule has 1 amide bonds. The topological polar surface area (TPSA) is 82.2 Å². The maximum atomic E-state index is 11.3. The van der Waals surface area contributed by atoms with Gasteiger partial charge < -0.3 is 16.0 Å². The largest absolute Gasteiger partial charge is 0.368 e. The Morgan fingerprint density at radius 3 is 3.00 bits per heavy atom. The van der Waals surface area contributed by atoms with Crippen molar-refractivity contribution < 1.29 is 4.79 Å². The molecule has 18 heavy (non-hydrogen) atoms. The minimum Gasteiger partial charge on any atom is -0.368 e. The SMILES string of the molecule is N#Cc1cc(CN)ccc1N1CCNC(=O)CC1. The van der Waals surface area contributed by atoms with Crippen LogP contribution in [0.15, 0.2) is 18.2 Å². The van der Waals surface area contributed by atoms with Gasteiger partial charge in [-0.3, -0.25) is 4.79 Å². The Morgan fingerprint density at radius 2 is 2.28 bits per heavy atom. The highest BCUT2D eigenvalue weighted by molar-refractivity contribution is 5.77. The van der Waals surface area contributed by atoms with Crippen molar-refractivity contribution in [2.75, 3.05) is 24.5 Å². The van der Waals surface area contributed by atoms with Crippen molar-refractivity contribution in [3.05, 3.63) is 29.3 Å². The van der Waals surface area contributed by atoms with Crippen LogP contribution < -0.4 is 16.0 Å². The smallest absolute Gasteiger partial charge is 0.221 e. The van der Waals surface area contributed by atoms with Gasteiger partial charge in [0.2, 0.25) is 5.91 Å². The first kappa shape index (κ1) is 12.4. The predicted octanol–water partition coefficient (Wildman–Crippen LogP) is 0.343. The molecule has 0 aromatic heterocycles. The fourth-order valence-corrected chi connectivity index (χ4v) is 2.08. The molecule has 0 spiro atoms. The average molecular weight is 244 g/mol. The van der Waals surface area contributed by atoms with Crippen LogP contribution in [0.1, 0.15) is 17.5 Å². The predicted molar refractivity (Wildman–Crippen MR) is 68.9 cm³/mol. The van der Waals surface area contributed by atoms with Gasteiger partial charge in [0.05, 0.1) is 11.3 Å². The van der Waals surface area contributed by atoms with Crippen molar-refractivity contribution in [1.29, 1.82) is 5.26 Å². The molecular formula is C13H16N4O. The van der Waals surface area contributed by atoms with E-state index in [1.165, 1.54) is 0 Å². The van der Waals surface area contributed by atoms with Crippen LogP contribution >= 0.6 is 0 Å². The molecule has 2 rings (SSSR count). The van der Waals surface area contributed by atoms with Gasteiger partial charge in [0.1, 0.15) is 6.07 Å². The van der Waals surface area contributed by atoms with E-state index in [1.807, 2.05) is 18.2 Å². The highest BCUT2D eigenvalue weighted by Crippen LogP contribution is 2.22. The molecule has 94 valence electrons. The summed E-state index contributed by atoms with van der Waals surface area (Å²) in [5.41, 5.74) is 8.01. The Labute approximate surface area is 106 Å². The van der Waals surface area contributed by atoms with Gasteiger partial charge in [-0.15, -0.1) is 0 Å². The van der Waals surface area contributed by atoms with E-state index < -0.39 is 0 Å². The molecule has 1 heterocycles. The van der Waals surface area contributed by atoms with Crippen LogP contribution in [0, 0.1) is 11.3 Å². The number of carbonyl (C=O) groups excluding carboxylic acids is 1. The summed E-state index contributed by atoms with van der Waals surface area (Å²) in [5, 5.41) is 12.0. The van der Waals surface area contributed by atoms with E-state index in [1.54, 1.807) is 0 Å².